The molecule has 0 fully saturated rings. The third kappa shape index (κ3) is 6.00. The molecule has 0 aliphatic carbocycles. The van der Waals surface area contributed by atoms with E-state index in [0.717, 1.165) is 6.42 Å². The standard InChI is InChI=1S/C8H18/c1-3-5-7-8-6-4-2/h3-8H2,1-2H3/i3T2. The van der Waals surface area contributed by atoms with Gasteiger partial charge in [0.05, 0.1) is 0 Å². The largest absolute Gasteiger partial charge is 0.0654 e. The van der Waals surface area contributed by atoms with Crippen molar-refractivity contribution in [1.29, 1.82) is 0 Å². The summed E-state index contributed by atoms with van der Waals surface area (Å²) in [5.74, 6) is 0. The third-order valence-corrected chi connectivity index (χ3v) is 1.28. The van der Waals surface area contributed by atoms with Crippen LogP contribution in [0.5, 0.6) is 0 Å². The van der Waals surface area contributed by atoms with E-state index in [1.165, 1.54) is 19.3 Å². The second-order valence-corrected chi connectivity index (χ2v) is 2.16. The van der Waals surface area contributed by atoms with Gasteiger partial charge in [-0.1, -0.05) is 52.3 Å². The predicted octanol–water partition coefficient (Wildman–Crippen LogP) is 3.37. The molecular formula is C8H18. The molecule has 0 N–H and O–H groups in total. The van der Waals surface area contributed by atoms with E-state index in [0.29, 0.717) is 6.42 Å². The van der Waals surface area contributed by atoms with Crippen LogP contribution in [0.25, 0.3) is 0 Å². The van der Waals surface area contributed by atoms with Crippen LogP contribution in [0, 0.1) is 0 Å². The Morgan fingerprint density at radius 1 is 1.00 bits per heavy atom. The smallest absolute Gasteiger partial charge is 0.0264 e. The van der Waals surface area contributed by atoms with Gasteiger partial charge in [0.1, 0.15) is 0 Å². The molecule has 0 heteroatoms. The molecule has 0 aromatic heterocycles. The number of hydrogen-bond donors (Lipinski definition) is 0. The fourth-order valence-electron chi connectivity index (χ4n) is 0.729. The minimum Gasteiger partial charge on any atom is -0.0654 e. The molecule has 0 heterocycles. The highest BCUT2D eigenvalue weighted by Crippen LogP contribution is 2.03. The Morgan fingerprint density at radius 2 is 1.62 bits per heavy atom. The molecule has 0 rings (SSSR count). The summed E-state index contributed by atoms with van der Waals surface area (Å²) in [6.07, 6.45) is 4.46. The average molecular weight is 118 g/mol. The predicted molar refractivity (Wildman–Crippen MR) is 39.1 cm³/mol. The van der Waals surface area contributed by atoms with E-state index >= 15 is 0 Å². The lowest BCUT2D eigenvalue weighted by Crippen LogP contribution is -1.73. The highest BCUT2D eigenvalue weighted by molar-refractivity contribution is 4.39. The van der Waals surface area contributed by atoms with Crippen molar-refractivity contribution in [1.82, 2.24) is 0 Å². The molecule has 0 bridgehead atoms. The van der Waals surface area contributed by atoms with Gasteiger partial charge in [0.2, 0.25) is 0 Å². The fourth-order valence-corrected chi connectivity index (χ4v) is 0.729. The van der Waals surface area contributed by atoms with Crippen molar-refractivity contribution < 1.29 is 2.74 Å². The first-order chi connectivity index (χ1) is 4.56. The zero-order valence-electron chi connectivity index (χ0n) is 8.04. The molecule has 0 aromatic rings. The first kappa shape index (κ1) is 4.84. The molecular weight excluding hydrogens is 96.1 g/mol. The van der Waals surface area contributed by atoms with Gasteiger partial charge in [0.25, 0.3) is 0 Å². The molecule has 0 radical (unpaired) electrons. The Balaban J connectivity index is 3.04. The summed E-state index contributed by atoms with van der Waals surface area (Å²) in [7, 11) is 0. The summed E-state index contributed by atoms with van der Waals surface area (Å²) in [5, 5.41) is 0. The van der Waals surface area contributed by atoms with E-state index in [1.807, 2.05) is 0 Å². The van der Waals surface area contributed by atoms with Crippen LogP contribution in [0.1, 0.15) is 55.1 Å². The molecule has 0 nitrogen and oxygen atoms in total. The van der Waals surface area contributed by atoms with Crippen LogP contribution in [0.15, 0.2) is 0 Å². The molecule has 50 valence electrons. The fraction of sp³-hybridized carbons (Fsp3) is 1.00. The summed E-state index contributed by atoms with van der Waals surface area (Å²) in [5.41, 5.74) is 0. The molecule has 0 spiro atoms. The zero-order chi connectivity index (χ0) is 8.04. The maximum atomic E-state index is 7.23. The zero-order valence-corrected chi connectivity index (χ0v) is 6.04. The summed E-state index contributed by atoms with van der Waals surface area (Å²) in [4.78, 5) is 0. The van der Waals surface area contributed by atoms with Crippen LogP contribution < -0.4 is 0 Å². The molecule has 0 saturated heterocycles. The molecule has 0 aliphatic heterocycles. The normalized spacial score (nSPS) is 15.2. The molecule has 0 aliphatic rings. The molecule has 0 atom stereocenters. The van der Waals surface area contributed by atoms with Crippen molar-refractivity contribution in [2.45, 2.75) is 52.3 Å². The summed E-state index contributed by atoms with van der Waals surface area (Å²) in [6, 6.07) is 0. The molecule has 0 aromatic carbocycles. The van der Waals surface area contributed by atoms with Gasteiger partial charge in [-0.2, -0.15) is 0 Å². The lowest BCUT2D eigenvalue weighted by Gasteiger charge is -1.93. The lowest BCUT2D eigenvalue weighted by molar-refractivity contribution is 0.624. The molecule has 8 heavy (non-hydrogen) atoms. The van der Waals surface area contributed by atoms with Crippen molar-refractivity contribution in [2.24, 2.45) is 0 Å². The highest BCUT2D eigenvalue weighted by atomic mass is 13.9. The van der Waals surface area contributed by atoms with Gasteiger partial charge in [-0.15, -0.1) is 0 Å². The summed E-state index contributed by atoms with van der Waals surface area (Å²) >= 11 is 0. The van der Waals surface area contributed by atoms with Crippen LogP contribution in [0.4, 0.5) is 0 Å². The summed E-state index contributed by atoms with van der Waals surface area (Å²) < 4.78 is 14.5. The van der Waals surface area contributed by atoms with E-state index in [4.69, 9.17) is 2.74 Å². The van der Waals surface area contributed by atoms with Crippen molar-refractivity contribution in [3.05, 3.63) is 0 Å². The molecule has 0 saturated carbocycles. The maximum Gasteiger partial charge on any atom is 0.0264 e. The van der Waals surface area contributed by atoms with Gasteiger partial charge in [0, 0.05) is 2.74 Å². The second-order valence-electron chi connectivity index (χ2n) is 2.16. The number of unbranched alkanes of at least 4 members (excludes halogenated alkanes) is 3. The molecule has 0 unspecified atom stereocenters. The SMILES string of the molecule is [3H]C([3H])(C)CCCCCC. The third-order valence-electron chi connectivity index (χ3n) is 1.28. The van der Waals surface area contributed by atoms with Gasteiger partial charge in [-0.25, -0.2) is 0 Å². The number of rotatable bonds is 5. The Hall–Kier alpha value is 0. The Morgan fingerprint density at radius 3 is 2.12 bits per heavy atom. The van der Waals surface area contributed by atoms with Crippen molar-refractivity contribution in [3.8, 4) is 0 Å². The lowest BCUT2D eigenvalue weighted by atomic mass is 10.1. The van der Waals surface area contributed by atoms with E-state index in [1.54, 1.807) is 6.92 Å². The van der Waals surface area contributed by atoms with Gasteiger partial charge in [-0.3, -0.25) is 0 Å². The van der Waals surface area contributed by atoms with Crippen molar-refractivity contribution in [3.63, 3.8) is 0 Å². The Labute approximate surface area is 56.1 Å². The topological polar surface area (TPSA) is 0 Å². The summed E-state index contributed by atoms with van der Waals surface area (Å²) in [6.45, 7) is 3.82. The van der Waals surface area contributed by atoms with Gasteiger partial charge in [-0.05, 0) is 0 Å². The first-order valence-corrected chi connectivity index (χ1v) is 3.56. The first-order valence-electron chi connectivity index (χ1n) is 4.56. The molecule has 0 amide bonds. The van der Waals surface area contributed by atoms with Crippen molar-refractivity contribution in [2.75, 3.05) is 0 Å². The Kier molecular flexibility index (Phi) is 4.23. The van der Waals surface area contributed by atoms with Gasteiger partial charge in [0.15, 0.2) is 0 Å². The van der Waals surface area contributed by atoms with E-state index in [9.17, 15) is 0 Å². The minimum atomic E-state index is -0.951. The maximum absolute atomic E-state index is 7.23. The van der Waals surface area contributed by atoms with E-state index in [-0.39, 0.29) is 0 Å². The quantitative estimate of drug-likeness (QED) is 0.485. The minimum absolute atomic E-state index is 0.715. The van der Waals surface area contributed by atoms with Crippen LogP contribution >= 0.6 is 0 Å². The highest BCUT2D eigenvalue weighted by Gasteiger charge is 1.83. The van der Waals surface area contributed by atoms with E-state index < -0.39 is 6.37 Å². The van der Waals surface area contributed by atoms with Gasteiger partial charge < -0.3 is 0 Å². The monoisotopic (exact) mass is 118 g/mol. The van der Waals surface area contributed by atoms with Crippen LogP contribution in [-0.4, -0.2) is 0 Å². The second kappa shape index (κ2) is 7.00. The van der Waals surface area contributed by atoms with Crippen LogP contribution in [0.3, 0.4) is 0 Å². The Bertz CT molecular complexity index is 73.8. The number of hydrogen-bond acceptors (Lipinski definition) is 0. The van der Waals surface area contributed by atoms with E-state index in [2.05, 4.69) is 6.92 Å². The average Bonchev–Trinajstić information content (AvgIpc) is 1.78. The van der Waals surface area contributed by atoms with Crippen molar-refractivity contribution >= 4 is 0 Å². The van der Waals surface area contributed by atoms with Gasteiger partial charge >= 0.3 is 0 Å². The van der Waals surface area contributed by atoms with Crippen LogP contribution in [0.2, 0.25) is 0 Å². The van der Waals surface area contributed by atoms with Crippen LogP contribution in [-0.2, 0) is 0 Å².